The van der Waals surface area contributed by atoms with Crippen LogP contribution in [0.5, 0.6) is 0 Å². The number of nitrogens with two attached hydrogens (primary N) is 1. The third-order valence-corrected chi connectivity index (χ3v) is 3.90. The molecule has 0 radical (unpaired) electrons. The number of hydrogen-bond donors (Lipinski definition) is 1. The Hall–Kier alpha value is -0.750. The van der Waals surface area contributed by atoms with Gasteiger partial charge in [0.25, 0.3) is 0 Å². The normalized spacial score (nSPS) is 12.9. The molecule has 0 unspecified atom stereocenters. The van der Waals surface area contributed by atoms with E-state index in [4.69, 9.17) is 17.3 Å². The third kappa shape index (κ3) is 3.42. The first-order valence-corrected chi connectivity index (χ1v) is 6.31. The van der Waals surface area contributed by atoms with Gasteiger partial charge in [-0.15, -0.1) is 23.7 Å². The molecule has 2 aromatic rings. The molecule has 0 aliphatic heterocycles. The van der Waals surface area contributed by atoms with Crippen LogP contribution in [0.3, 0.4) is 0 Å². The molecule has 7 heteroatoms. The molecule has 0 fully saturated rings. The Bertz CT molecular complexity index is 540. The van der Waals surface area contributed by atoms with Crippen LogP contribution < -0.4 is 5.73 Å². The zero-order valence-electron chi connectivity index (χ0n) is 9.45. The Morgan fingerprint density at radius 2 is 1.84 bits per heavy atom. The number of hydrogen-bond acceptors (Lipinski definition) is 2. The van der Waals surface area contributed by atoms with Gasteiger partial charge in [0.1, 0.15) is 0 Å². The quantitative estimate of drug-likeness (QED) is 0.834. The zero-order valence-corrected chi connectivity index (χ0v) is 11.8. The molecular formula is C12H10Cl2F3NS. The smallest absolute Gasteiger partial charge is 0.320 e. The number of alkyl halides is 3. The summed E-state index contributed by atoms with van der Waals surface area (Å²) in [5.41, 5.74) is 5.37. The average molecular weight is 328 g/mol. The first-order chi connectivity index (χ1) is 8.41. The van der Waals surface area contributed by atoms with E-state index in [9.17, 15) is 13.2 Å². The number of thiophene rings is 1. The van der Waals surface area contributed by atoms with Crippen LogP contribution in [0.15, 0.2) is 35.7 Å². The summed E-state index contributed by atoms with van der Waals surface area (Å²) < 4.78 is 38.1. The Labute approximate surface area is 123 Å². The fourth-order valence-corrected chi connectivity index (χ4v) is 2.73. The van der Waals surface area contributed by atoms with Crippen LogP contribution in [0.25, 0.3) is 0 Å². The van der Waals surface area contributed by atoms with Crippen molar-refractivity contribution in [3.63, 3.8) is 0 Å². The van der Waals surface area contributed by atoms with Gasteiger partial charge >= 0.3 is 6.18 Å². The van der Waals surface area contributed by atoms with Gasteiger partial charge in [0, 0.05) is 4.88 Å². The molecule has 0 spiro atoms. The highest BCUT2D eigenvalue weighted by Gasteiger charge is 2.34. The van der Waals surface area contributed by atoms with E-state index in [1.54, 1.807) is 12.1 Å². The van der Waals surface area contributed by atoms with E-state index >= 15 is 0 Å². The second-order valence-corrected chi connectivity index (χ2v) is 5.06. The molecule has 1 aromatic heterocycles. The van der Waals surface area contributed by atoms with Crippen LogP contribution in [-0.2, 0) is 6.18 Å². The summed E-state index contributed by atoms with van der Waals surface area (Å²) in [5.74, 6) is 0. The van der Waals surface area contributed by atoms with Crippen LogP contribution in [0.2, 0.25) is 5.02 Å². The predicted octanol–water partition coefficient (Wildman–Crippen LogP) is 4.89. The molecule has 0 saturated carbocycles. The van der Waals surface area contributed by atoms with Crippen molar-refractivity contribution in [1.29, 1.82) is 0 Å². The Morgan fingerprint density at radius 1 is 1.16 bits per heavy atom. The largest absolute Gasteiger partial charge is 0.417 e. The fraction of sp³-hybridized carbons (Fsp3) is 0.167. The summed E-state index contributed by atoms with van der Waals surface area (Å²) in [4.78, 5) is 0.774. The van der Waals surface area contributed by atoms with Crippen molar-refractivity contribution in [3.8, 4) is 0 Å². The molecule has 0 bridgehead atoms. The van der Waals surface area contributed by atoms with Gasteiger partial charge in [-0.1, -0.05) is 29.8 Å². The first-order valence-electron chi connectivity index (χ1n) is 5.06. The minimum Gasteiger partial charge on any atom is -0.320 e. The van der Waals surface area contributed by atoms with Crippen LogP contribution >= 0.6 is 35.3 Å². The van der Waals surface area contributed by atoms with Crippen molar-refractivity contribution in [2.75, 3.05) is 0 Å². The third-order valence-electron chi connectivity index (χ3n) is 2.52. The molecule has 1 heterocycles. The lowest BCUT2D eigenvalue weighted by atomic mass is 10.0. The van der Waals surface area contributed by atoms with Gasteiger partial charge in [0.15, 0.2) is 0 Å². The number of rotatable bonds is 2. The van der Waals surface area contributed by atoms with Gasteiger partial charge in [-0.2, -0.15) is 13.2 Å². The molecule has 19 heavy (non-hydrogen) atoms. The molecule has 2 N–H and O–H groups in total. The predicted molar refractivity (Wildman–Crippen MR) is 74.1 cm³/mol. The first kappa shape index (κ1) is 16.3. The number of benzene rings is 1. The standard InChI is InChI=1S/C12H9ClF3NS.ClH/c13-10-7(11(17)9-5-2-6-18-9)3-1-4-8(10)12(14,15)16;/h1-6,11H,17H2;1H/t11-;/m1./s1. The van der Waals surface area contributed by atoms with E-state index in [2.05, 4.69) is 0 Å². The fourth-order valence-electron chi connectivity index (χ4n) is 1.63. The summed E-state index contributed by atoms with van der Waals surface area (Å²) in [6, 6.07) is 6.71. The molecule has 1 nitrogen and oxygen atoms in total. The van der Waals surface area contributed by atoms with E-state index in [0.29, 0.717) is 0 Å². The number of halogens is 5. The van der Waals surface area contributed by atoms with Gasteiger partial charge in [-0.05, 0) is 23.1 Å². The van der Waals surface area contributed by atoms with Crippen molar-refractivity contribution in [1.82, 2.24) is 0 Å². The van der Waals surface area contributed by atoms with Crippen molar-refractivity contribution in [3.05, 3.63) is 56.7 Å². The van der Waals surface area contributed by atoms with E-state index in [-0.39, 0.29) is 23.0 Å². The minimum atomic E-state index is -4.47. The molecule has 0 amide bonds. The Morgan fingerprint density at radius 3 is 2.37 bits per heavy atom. The highest BCUT2D eigenvalue weighted by atomic mass is 35.5. The molecule has 0 aliphatic carbocycles. The lowest BCUT2D eigenvalue weighted by Gasteiger charge is -2.16. The molecule has 2 rings (SSSR count). The lowest BCUT2D eigenvalue weighted by molar-refractivity contribution is -0.137. The SMILES string of the molecule is Cl.N[C@@H](c1cccs1)c1cccc(C(F)(F)F)c1Cl. The van der Waals surface area contributed by atoms with Crippen molar-refractivity contribution in [2.45, 2.75) is 12.2 Å². The zero-order chi connectivity index (χ0) is 13.3. The summed E-state index contributed by atoms with van der Waals surface area (Å²) in [7, 11) is 0. The molecular weight excluding hydrogens is 318 g/mol. The van der Waals surface area contributed by atoms with Gasteiger partial charge < -0.3 is 5.73 Å². The summed E-state index contributed by atoms with van der Waals surface area (Å²) in [6.45, 7) is 0. The highest BCUT2D eigenvalue weighted by molar-refractivity contribution is 7.10. The van der Waals surface area contributed by atoms with Gasteiger partial charge in [-0.3, -0.25) is 0 Å². The van der Waals surface area contributed by atoms with E-state index in [1.807, 2.05) is 5.38 Å². The maximum absolute atomic E-state index is 12.7. The average Bonchev–Trinajstić information content (AvgIpc) is 2.80. The molecule has 0 saturated heterocycles. The topological polar surface area (TPSA) is 26.0 Å². The molecule has 1 atom stereocenters. The van der Waals surface area contributed by atoms with E-state index < -0.39 is 17.8 Å². The summed E-state index contributed by atoms with van der Waals surface area (Å²) in [6.07, 6.45) is -4.47. The highest BCUT2D eigenvalue weighted by Crippen LogP contribution is 2.39. The lowest BCUT2D eigenvalue weighted by Crippen LogP contribution is -2.14. The summed E-state index contributed by atoms with van der Waals surface area (Å²) in [5, 5.41) is 1.49. The second-order valence-electron chi connectivity index (χ2n) is 3.70. The van der Waals surface area contributed by atoms with Gasteiger partial charge in [0.2, 0.25) is 0 Å². The maximum Gasteiger partial charge on any atom is 0.417 e. The molecule has 104 valence electrons. The van der Waals surface area contributed by atoms with Crippen molar-refractivity contribution in [2.24, 2.45) is 5.73 Å². The van der Waals surface area contributed by atoms with Crippen LogP contribution in [0, 0.1) is 0 Å². The van der Waals surface area contributed by atoms with Crippen LogP contribution in [-0.4, -0.2) is 0 Å². The van der Waals surface area contributed by atoms with Gasteiger partial charge in [0.05, 0.1) is 16.6 Å². The van der Waals surface area contributed by atoms with Crippen LogP contribution in [0.4, 0.5) is 13.2 Å². The van der Waals surface area contributed by atoms with E-state index in [1.165, 1.54) is 23.5 Å². The monoisotopic (exact) mass is 327 g/mol. The van der Waals surface area contributed by atoms with Crippen molar-refractivity contribution < 1.29 is 13.2 Å². The maximum atomic E-state index is 12.7. The molecule has 1 aromatic carbocycles. The van der Waals surface area contributed by atoms with E-state index in [0.717, 1.165) is 10.9 Å². The van der Waals surface area contributed by atoms with Gasteiger partial charge in [-0.25, -0.2) is 0 Å². The van der Waals surface area contributed by atoms with Crippen molar-refractivity contribution >= 4 is 35.3 Å². The summed E-state index contributed by atoms with van der Waals surface area (Å²) >= 11 is 7.19. The molecule has 0 aliphatic rings. The Balaban J connectivity index is 0.00000180. The second kappa shape index (κ2) is 6.13. The van der Waals surface area contributed by atoms with Crippen LogP contribution in [0.1, 0.15) is 22.0 Å². The minimum absolute atomic E-state index is 0. The Kier molecular flexibility index (Phi) is 5.26.